The Morgan fingerprint density at radius 3 is 2.32 bits per heavy atom. The normalized spacial score (nSPS) is 20.7. The fourth-order valence-electron chi connectivity index (χ4n) is 5.35. The molecule has 0 bridgehead atoms. The Hall–Kier alpha value is -3.30. The van der Waals surface area contributed by atoms with Gasteiger partial charge in [-0.3, -0.25) is 9.59 Å². The number of carbonyl (C=O) groups is 2. The fraction of sp³-hybridized carbons (Fsp3) is 0.517. The molecule has 0 radical (unpaired) electrons. The van der Waals surface area contributed by atoms with Crippen molar-refractivity contribution in [1.29, 1.82) is 0 Å². The van der Waals surface area contributed by atoms with Crippen LogP contribution < -0.4 is 24.4 Å². The van der Waals surface area contributed by atoms with Gasteiger partial charge in [-0.2, -0.15) is 0 Å². The van der Waals surface area contributed by atoms with Gasteiger partial charge in [-0.25, -0.2) is 0 Å². The van der Waals surface area contributed by atoms with Gasteiger partial charge in [-0.05, 0) is 68.4 Å². The van der Waals surface area contributed by atoms with Gasteiger partial charge < -0.3 is 34.2 Å². The first kappa shape index (κ1) is 27.7. The predicted molar refractivity (Wildman–Crippen MR) is 147 cm³/mol. The lowest BCUT2D eigenvalue weighted by Crippen LogP contribution is -2.49. The van der Waals surface area contributed by atoms with Crippen LogP contribution in [0.4, 0.5) is 5.69 Å². The zero-order valence-corrected chi connectivity index (χ0v) is 22.9. The van der Waals surface area contributed by atoms with Crippen LogP contribution in [-0.4, -0.2) is 89.3 Å². The first-order valence-corrected chi connectivity index (χ1v) is 13.3. The molecule has 0 aromatic heterocycles. The molecule has 2 fully saturated rings. The highest BCUT2D eigenvalue weighted by Crippen LogP contribution is 2.42. The maximum atomic E-state index is 13.6. The van der Waals surface area contributed by atoms with E-state index in [-0.39, 0.29) is 11.8 Å². The maximum absolute atomic E-state index is 13.6. The highest BCUT2D eigenvalue weighted by atomic mass is 16.5. The van der Waals surface area contributed by atoms with Crippen molar-refractivity contribution in [1.82, 2.24) is 15.1 Å². The second-order valence-electron chi connectivity index (χ2n) is 9.96. The average Bonchev–Trinajstić information content (AvgIpc) is 2.95. The van der Waals surface area contributed by atoms with Gasteiger partial charge in [0.15, 0.2) is 11.5 Å². The Labute approximate surface area is 225 Å². The number of likely N-dealkylation sites (N-methyl/N-ethyl adjacent to an activating group) is 1. The standard InChI is InChI=1S/C29H40N4O5/c1-31-16-18-32(19-17-31)15-5-14-30-29(35)24-11-13-27(34)33(22-7-9-23(36-2)10-8-22)28(24)21-6-12-25(37-3)26(20-21)38-4/h6-10,12,20,24,28H,5,11,13-19H2,1-4H3,(H,30,35)/t24-,28+/m0/s1. The van der Waals surface area contributed by atoms with Crippen molar-refractivity contribution in [2.75, 3.05) is 72.5 Å². The SMILES string of the molecule is COc1ccc(N2C(=O)CC[C@H](C(=O)NCCCN3CCN(C)CC3)[C@H]2c2ccc(OC)c(OC)c2)cc1. The third-order valence-electron chi connectivity index (χ3n) is 7.58. The van der Waals surface area contributed by atoms with Gasteiger partial charge in [0.05, 0.1) is 33.3 Å². The van der Waals surface area contributed by atoms with E-state index >= 15 is 0 Å². The minimum Gasteiger partial charge on any atom is -0.497 e. The first-order valence-electron chi connectivity index (χ1n) is 13.3. The van der Waals surface area contributed by atoms with Crippen LogP contribution in [0.1, 0.15) is 30.9 Å². The summed E-state index contributed by atoms with van der Waals surface area (Å²) in [6.07, 6.45) is 1.67. The Balaban J connectivity index is 1.55. The van der Waals surface area contributed by atoms with E-state index < -0.39 is 12.0 Å². The van der Waals surface area contributed by atoms with Crippen molar-refractivity contribution < 1.29 is 23.8 Å². The topological polar surface area (TPSA) is 83.6 Å². The van der Waals surface area contributed by atoms with Gasteiger partial charge in [-0.15, -0.1) is 0 Å². The van der Waals surface area contributed by atoms with E-state index in [9.17, 15) is 9.59 Å². The highest BCUT2D eigenvalue weighted by Gasteiger charge is 2.41. The molecule has 2 heterocycles. The van der Waals surface area contributed by atoms with Crippen LogP contribution in [-0.2, 0) is 9.59 Å². The minimum atomic E-state index is -0.484. The number of amides is 2. The van der Waals surface area contributed by atoms with Crippen LogP contribution in [0.5, 0.6) is 17.2 Å². The van der Waals surface area contributed by atoms with E-state index in [4.69, 9.17) is 14.2 Å². The van der Waals surface area contributed by atoms with Gasteiger partial charge in [0.2, 0.25) is 11.8 Å². The van der Waals surface area contributed by atoms with E-state index in [0.29, 0.717) is 36.6 Å². The number of ether oxygens (including phenoxy) is 3. The number of carbonyl (C=O) groups excluding carboxylic acids is 2. The Morgan fingerprint density at radius 1 is 0.947 bits per heavy atom. The molecular formula is C29H40N4O5. The van der Waals surface area contributed by atoms with Crippen molar-refractivity contribution in [2.45, 2.75) is 25.3 Å². The van der Waals surface area contributed by atoms with Crippen LogP contribution in [0.2, 0.25) is 0 Å². The molecule has 2 aromatic carbocycles. The monoisotopic (exact) mass is 524 g/mol. The van der Waals surface area contributed by atoms with Crippen LogP contribution in [0.15, 0.2) is 42.5 Å². The number of anilines is 1. The summed E-state index contributed by atoms with van der Waals surface area (Å²) in [5, 5.41) is 3.17. The summed E-state index contributed by atoms with van der Waals surface area (Å²) in [4.78, 5) is 33.5. The number of piperidine rings is 1. The second kappa shape index (κ2) is 13.0. The van der Waals surface area contributed by atoms with Crippen LogP contribution in [0.25, 0.3) is 0 Å². The van der Waals surface area contributed by atoms with E-state index in [0.717, 1.165) is 50.4 Å². The lowest BCUT2D eigenvalue weighted by Gasteiger charge is -2.41. The molecule has 206 valence electrons. The van der Waals surface area contributed by atoms with Gasteiger partial charge in [0.25, 0.3) is 0 Å². The summed E-state index contributed by atoms with van der Waals surface area (Å²) in [6, 6.07) is 12.5. The molecular weight excluding hydrogens is 484 g/mol. The summed E-state index contributed by atoms with van der Waals surface area (Å²) in [5.41, 5.74) is 1.55. The first-order chi connectivity index (χ1) is 18.4. The number of rotatable bonds is 10. The zero-order valence-electron chi connectivity index (χ0n) is 22.9. The molecule has 0 saturated carbocycles. The van der Waals surface area contributed by atoms with Crippen molar-refractivity contribution in [3.8, 4) is 17.2 Å². The number of piperazine rings is 1. The molecule has 9 heteroatoms. The molecule has 2 aromatic rings. The molecule has 4 rings (SSSR count). The van der Waals surface area contributed by atoms with Gasteiger partial charge in [0, 0.05) is 44.8 Å². The molecule has 0 aliphatic carbocycles. The van der Waals surface area contributed by atoms with Gasteiger partial charge in [0.1, 0.15) is 5.75 Å². The van der Waals surface area contributed by atoms with E-state index in [1.54, 1.807) is 26.2 Å². The molecule has 1 N–H and O–H groups in total. The molecule has 2 saturated heterocycles. The number of methoxy groups -OCH3 is 3. The van der Waals surface area contributed by atoms with Crippen LogP contribution in [0, 0.1) is 5.92 Å². The average molecular weight is 525 g/mol. The molecule has 2 aliphatic heterocycles. The molecule has 2 amide bonds. The summed E-state index contributed by atoms with van der Waals surface area (Å²) >= 11 is 0. The van der Waals surface area contributed by atoms with Crippen molar-refractivity contribution in [3.63, 3.8) is 0 Å². The van der Waals surface area contributed by atoms with E-state index in [1.807, 2.05) is 42.5 Å². The number of nitrogens with one attached hydrogen (secondary N) is 1. The molecule has 2 aliphatic rings. The predicted octanol–water partition coefficient (Wildman–Crippen LogP) is 2.95. The van der Waals surface area contributed by atoms with Crippen molar-refractivity contribution in [2.24, 2.45) is 5.92 Å². The number of nitrogens with zero attached hydrogens (tertiary/aromatic N) is 3. The molecule has 0 unspecified atom stereocenters. The van der Waals surface area contributed by atoms with Crippen LogP contribution >= 0.6 is 0 Å². The largest absolute Gasteiger partial charge is 0.497 e. The summed E-state index contributed by atoms with van der Waals surface area (Å²) in [5.74, 6) is 1.40. The smallest absolute Gasteiger partial charge is 0.227 e. The molecule has 0 spiro atoms. The van der Waals surface area contributed by atoms with Crippen molar-refractivity contribution >= 4 is 17.5 Å². The molecule has 38 heavy (non-hydrogen) atoms. The lowest BCUT2D eigenvalue weighted by atomic mass is 9.83. The summed E-state index contributed by atoms with van der Waals surface area (Å²) in [6.45, 7) is 5.86. The molecule has 9 nitrogen and oxygen atoms in total. The summed E-state index contributed by atoms with van der Waals surface area (Å²) in [7, 11) is 6.93. The van der Waals surface area contributed by atoms with E-state index in [2.05, 4.69) is 22.2 Å². The van der Waals surface area contributed by atoms with Gasteiger partial charge in [-0.1, -0.05) is 6.07 Å². The fourth-order valence-corrected chi connectivity index (χ4v) is 5.35. The third-order valence-corrected chi connectivity index (χ3v) is 7.58. The number of hydrogen-bond acceptors (Lipinski definition) is 7. The second-order valence-corrected chi connectivity index (χ2v) is 9.96. The Morgan fingerprint density at radius 2 is 1.66 bits per heavy atom. The highest BCUT2D eigenvalue weighted by molar-refractivity contribution is 5.97. The maximum Gasteiger partial charge on any atom is 0.227 e. The zero-order chi connectivity index (χ0) is 27.1. The quantitative estimate of drug-likeness (QED) is 0.479. The van der Waals surface area contributed by atoms with Crippen molar-refractivity contribution in [3.05, 3.63) is 48.0 Å². The third kappa shape index (κ3) is 6.39. The van der Waals surface area contributed by atoms with E-state index in [1.165, 1.54) is 0 Å². The molecule has 2 atom stereocenters. The summed E-state index contributed by atoms with van der Waals surface area (Å²) < 4.78 is 16.3. The minimum absolute atomic E-state index is 0.0194. The number of hydrogen-bond donors (Lipinski definition) is 1. The Bertz CT molecular complexity index is 1080. The lowest BCUT2D eigenvalue weighted by molar-refractivity contribution is -0.129. The van der Waals surface area contributed by atoms with Gasteiger partial charge >= 0.3 is 0 Å². The number of benzene rings is 2. The van der Waals surface area contributed by atoms with Crippen LogP contribution in [0.3, 0.4) is 0 Å². The Kier molecular flexibility index (Phi) is 9.47.